The minimum atomic E-state index is -0.346. The van der Waals surface area contributed by atoms with Gasteiger partial charge in [-0.25, -0.2) is 8.78 Å². The Hall–Kier alpha value is -2.20. The summed E-state index contributed by atoms with van der Waals surface area (Å²) in [7, 11) is 2.13. The quantitative estimate of drug-likeness (QED) is 0.756. The molecule has 1 fully saturated rings. The van der Waals surface area contributed by atoms with Crippen LogP contribution < -0.4 is 5.32 Å². The van der Waals surface area contributed by atoms with Crippen LogP contribution in [-0.4, -0.2) is 25.0 Å². The largest absolute Gasteiger partial charge is 0.353 e. The predicted molar refractivity (Wildman–Crippen MR) is 105 cm³/mol. The van der Waals surface area contributed by atoms with E-state index in [0.717, 1.165) is 49.0 Å². The lowest BCUT2D eigenvalue weighted by atomic mass is 9.88. The molecule has 0 spiro atoms. The van der Waals surface area contributed by atoms with Crippen LogP contribution >= 0.6 is 0 Å². The Bertz CT molecular complexity index is 793. The third-order valence-electron chi connectivity index (χ3n) is 5.18. The molecule has 4 heteroatoms. The molecule has 1 N–H and O–H groups in total. The lowest BCUT2D eigenvalue weighted by Gasteiger charge is -2.29. The maximum absolute atomic E-state index is 14.3. The maximum Gasteiger partial charge on any atom is 0.146 e. The molecule has 138 valence electrons. The average molecular weight is 356 g/mol. The molecule has 26 heavy (non-hydrogen) atoms. The van der Waals surface area contributed by atoms with E-state index < -0.39 is 0 Å². The molecule has 0 aliphatic carbocycles. The van der Waals surface area contributed by atoms with E-state index in [2.05, 4.69) is 23.8 Å². The number of likely N-dealkylation sites (tertiary alicyclic amines) is 1. The van der Waals surface area contributed by atoms with Gasteiger partial charge in [0, 0.05) is 11.3 Å². The Morgan fingerprint density at radius 1 is 1.15 bits per heavy atom. The number of nitrogens with one attached hydrogen (secondary N) is 1. The minimum Gasteiger partial charge on any atom is -0.353 e. The van der Waals surface area contributed by atoms with Gasteiger partial charge in [0.15, 0.2) is 0 Å². The second-order valence-electron chi connectivity index (χ2n) is 7.29. The van der Waals surface area contributed by atoms with Gasteiger partial charge in [0.05, 0.1) is 5.69 Å². The molecule has 0 unspecified atom stereocenters. The maximum atomic E-state index is 14.3. The zero-order valence-corrected chi connectivity index (χ0v) is 15.5. The Morgan fingerprint density at radius 3 is 2.54 bits per heavy atom. The number of halogens is 2. The fraction of sp³-hybridized carbons (Fsp3) is 0.364. The summed E-state index contributed by atoms with van der Waals surface area (Å²) in [6.45, 7) is 7.88. The summed E-state index contributed by atoms with van der Waals surface area (Å²) in [5, 5.41) is 3.05. The van der Waals surface area contributed by atoms with Crippen molar-refractivity contribution in [2.24, 2.45) is 5.92 Å². The lowest BCUT2D eigenvalue weighted by Crippen LogP contribution is -2.31. The first kappa shape index (κ1) is 18.6. The molecular weight excluding hydrogens is 330 g/mol. The smallest absolute Gasteiger partial charge is 0.146 e. The Balaban J connectivity index is 1.88. The molecular formula is C22H26F2N2. The van der Waals surface area contributed by atoms with E-state index in [9.17, 15) is 8.78 Å². The van der Waals surface area contributed by atoms with E-state index in [1.165, 1.54) is 12.1 Å². The van der Waals surface area contributed by atoms with Crippen molar-refractivity contribution in [1.82, 2.24) is 4.90 Å². The molecule has 2 aromatic rings. The van der Waals surface area contributed by atoms with Gasteiger partial charge in [-0.3, -0.25) is 0 Å². The van der Waals surface area contributed by atoms with Crippen LogP contribution in [0.4, 0.5) is 20.2 Å². The van der Waals surface area contributed by atoms with Crippen molar-refractivity contribution in [2.75, 3.05) is 25.5 Å². The topological polar surface area (TPSA) is 15.3 Å². The summed E-state index contributed by atoms with van der Waals surface area (Å²) in [5.41, 5.74) is 3.54. The molecule has 1 heterocycles. The molecule has 3 rings (SSSR count). The first-order chi connectivity index (χ1) is 12.5. The number of aryl methyl sites for hydroxylation is 1. The van der Waals surface area contributed by atoms with Crippen LogP contribution in [0.3, 0.4) is 0 Å². The van der Waals surface area contributed by atoms with Crippen molar-refractivity contribution < 1.29 is 8.78 Å². The number of hydrogen-bond donors (Lipinski definition) is 1. The summed E-state index contributed by atoms with van der Waals surface area (Å²) in [4.78, 5) is 2.32. The van der Waals surface area contributed by atoms with Crippen molar-refractivity contribution in [2.45, 2.75) is 26.2 Å². The fourth-order valence-corrected chi connectivity index (χ4v) is 3.63. The zero-order valence-electron chi connectivity index (χ0n) is 15.5. The SMILES string of the molecule is C=Cc1c(CC2CCN(C)CC2)cc(F)cc1Nc1ccc(C)cc1F. The number of piperidine rings is 1. The van der Waals surface area contributed by atoms with E-state index in [0.29, 0.717) is 17.3 Å². The van der Waals surface area contributed by atoms with Gasteiger partial charge >= 0.3 is 0 Å². The number of anilines is 2. The Morgan fingerprint density at radius 2 is 1.88 bits per heavy atom. The van der Waals surface area contributed by atoms with Crippen LogP contribution in [0.2, 0.25) is 0 Å². The second-order valence-corrected chi connectivity index (χ2v) is 7.29. The van der Waals surface area contributed by atoms with Crippen molar-refractivity contribution in [3.8, 4) is 0 Å². The average Bonchev–Trinajstić information content (AvgIpc) is 2.59. The van der Waals surface area contributed by atoms with Crippen LogP contribution in [0.25, 0.3) is 6.08 Å². The summed E-state index contributed by atoms with van der Waals surface area (Å²) >= 11 is 0. The van der Waals surface area contributed by atoms with Crippen LogP contribution in [-0.2, 0) is 6.42 Å². The van der Waals surface area contributed by atoms with E-state index in [1.54, 1.807) is 18.2 Å². The number of rotatable bonds is 5. The Labute approximate surface area is 154 Å². The van der Waals surface area contributed by atoms with Crippen LogP contribution in [0, 0.1) is 24.5 Å². The fourth-order valence-electron chi connectivity index (χ4n) is 3.63. The second kappa shape index (κ2) is 8.00. The summed E-state index contributed by atoms with van der Waals surface area (Å²) in [5.74, 6) is -0.120. The highest BCUT2D eigenvalue weighted by molar-refractivity contribution is 5.74. The van der Waals surface area contributed by atoms with E-state index in [1.807, 2.05) is 13.0 Å². The minimum absolute atomic E-state index is 0.312. The summed E-state index contributed by atoms with van der Waals surface area (Å²) in [6.07, 6.45) is 4.77. The first-order valence-corrected chi connectivity index (χ1v) is 9.13. The molecule has 2 nitrogen and oxygen atoms in total. The van der Waals surface area contributed by atoms with Crippen LogP contribution in [0.5, 0.6) is 0 Å². The molecule has 0 radical (unpaired) electrons. The van der Waals surface area contributed by atoms with Gasteiger partial charge in [-0.15, -0.1) is 0 Å². The molecule has 0 saturated carbocycles. The van der Waals surface area contributed by atoms with Crippen LogP contribution in [0.15, 0.2) is 36.9 Å². The van der Waals surface area contributed by atoms with Gasteiger partial charge in [-0.05, 0) is 87.6 Å². The third kappa shape index (κ3) is 4.31. The highest BCUT2D eigenvalue weighted by Crippen LogP contribution is 2.31. The monoisotopic (exact) mass is 356 g/mol. The van der Waals surface area contributed by atoms with Crippen LogP contribution in [0.1, 0.15) is 29.5 Å². The Kier molecular flexibility index (Phi) is 5.72. The van der Waals surface area contributed by atoms with Crippen molar-refractivity contribution >= 4 is 17.5 Å². The van der Waals surface area contributed by atoms with Gasteiger partial charge in [-0.2, -0.15) is 0 Å². The molecule has 0 amide bonds. The normalized spacial score (nSPS) is 15.8. The standard InChI is InChI=1S/C22H26F2N2/c1-4-19-17(12-16-7-9-26(3)10-8-16)13-18(23)14-22(19)25-21-6-5-15(2)11-20(21)24/h4-6,11,13-14,16,25H,1,7-10,12H2,2-3H3. The summed E-state index contributed by atoms with van der Waals surface area (Å²) in [6, 6.07) is 7.98. The van der Waals surface area contributed by atoms with Crippen molar-refractivity contribution in [3.63, 3.8) is 0 Å². The van der Waals surface area contributed by atoms with Gasteiger partial charge in [0.1, 0.15) is 11.6 Å². The summed E-state index contributed by atoms with van der Waals surface area (Å²) < 4.78 is 28.4. The highest BCUT2D eigenvalue weighted by Gasteiger charge is 2.19. The van der Waals surface area contributed by atoms with Gasteiger partial charge < -0.3 is 10.2 Å². The highest BCUT2D eigenvalue weighted by atomic mass is 19.1. The van der Waals surface area contributed by atoms with Gasteiger partial charge in [0.2, 0.25) is 0 Å². The van der Waals surface area contributed by atoms with E-state index >= 15 is 0 Å². The first-order valence-electron chi connectivity index (χ1n) is 9.13. The van der Waals surface area contributed by atoms with Crippen molar-refractivity contribution in [3.05, 3.63) is 65.2 Å². The zero-order chi connectivity index (χ0) is 18.7. The predicted octanol–water partition coefficient (Wildman–Crippen LogP) is 5.54. The van der Waals surface area contributed by atoms with E-state index in [-0.39, 0.29) is 11.6 Å². The number of hydrogen-bond acceptors (Lipinski definition) is 2. The molecule has 1 aliphatic rings. The molecule has 1 saturated heterocycles. The van der Waals surface area contributed by atoms with Gasteiger partial charge in [0.25, 0.3) is 0 Å². The third-order valence-corrected chi connectivity index (χ3v) is 5.18. The number of benzene rings is 2. The molecule has 1 aliphatic heterocycles. The van der Waals surface area contributed by atoms with Crippen molar-refractivity contribution in [1.29, 1.82) is 0 Å². The molecule has 0 bridgehead atoms. The van der Waals surface area contributed by atoms with E-state index in [4.69, 9.17) is 0 Å². The molecule has 2 aromatic carbocycles. The molecule has 0 aromatic heterocycles. The number of nitrogens with zero attached hydrogens (tertiary/aromatic N) is 1. The lowest BCUT2D eigenvalue weighted by molar-refractivity contribution is 0.219. The van der Waals surface area contributed by atoms with Gasteiger partial charge in [-0.1, -0.05) is 18.7 Å². The molecule has 0 atom stereocenters.